The van der Waals surface area contributed by atoms with E-state index in [1.807, 2.05) is 37.7 Å². The highest BCUT2D eigenvalue weighted by Crippen LogP contribution is 2.38. The highest BCUT2D eigenvalue weighted by molar-refractivity contribution is 7.98. The number of thioether (sulfide) groups is 1. The fraction of sp³-hybridized carbons (Fsp3) is 0.333. The van der Waals surface area contributed by atoms with E-state index >= 15 is 4.39 Å². The van der Waals surface area contributed by atoms with Crippen molar-refractivity contribution >= 4 is 23.4 Å². The van der Waals surface area contributed by atoms with E-state index in [-0.39, 0.29) is 22.8 Å². The molecule has 0 N–H and O–H groups in total. The number of aryl methyl sites for hydroxylation is 2. The Balaban J connectivity index is 1.59. The van der Waals surface area contributed by atoms with Crippen LogP contribution in [0, 0.1) is 25.5 Å². The Bertz CT molecular complexity index is 1540. The van der Waals surface area contributed by atoms with Crippen LogP contribution in [0.2, 0.25) is 5.02 Å². The summed E-state index contributed by atoms with van der Waals surface area (Å²) in [5.41, 5.74) is 3.33. The molecule has 0 saturated carbocycles. The minimum absolute atomic E-state index is 0.0817. The van der Waals surface area contributed by atoms with Gasteiger partial charge in [-0.1, -0.05) is 11.6 Å². The predicted octanol–water partition coefficient (Wildman–Crippen LogP) is 7.25. The molecule has 0 radical (unpaired) electrons. The van der Waals surface area contributed by atoms with E-state index < -0.39 is 11.6 Å². The van der Waals surface area contributed by atoms with Crippen LogP contribution in [0.1, 0.15) is 35.8 Å². The minimum Gasteiger partial charge on any atom is -0.440 e. The molecule has 0 unspecified atom stereocenters. The minimum atomic E-state index is -0.733. The van der Waals surface area contributed by atoms with Gasteiger partial charge in [-0.15, -0.1) is 0 Å². The molecule has 39 heavy (non-hydrogen) atoms. The number of piperidine rings is 1. The van der Waals surface area contributed by atoms with E-state index in [1.54, 1.807) is 16.8 Å². The Morgan fingerprint density at radius 2 is 1.79 bits per heavy atom. The molecule has 1 aliphatic heterocycles. The molecule has 2 aromatic carbocycles. The lowest BCUT2D eigenvalue weighted by Gasteiger charge is -2.30. The zero-order valence-electron chi connectivity index (χ0n) is 22.1. The van der Waals surface area contributed by atoms with Crippen LogP contribution in [0.4, 0.5) is 8.78 Å². The monoisotopic (exact) mass is 569 g/mol. The molecule has 9 heteroatoms. The van der Waals surface area contributed by atoms with E-state index in [9.17, 15) is 9.18 Å². The first-order valence-electron chi connectivity index (χ1n) is 12.9. The third-order valence-electron chi connectivity index (χ3n) is 7.25. The SMILES string of the molecule is CSCCN1CCC(c2nc(-c3ccc(=O)n(-c4c(C)cc(Cl)cc4C)c3)c(-c3ccc(F)cc3F)o2)CC1. The second kappa shape index (κ2) is 11.7. The predicted molar refractivity (Wildman–Crippen MR) is 154 cm³/mol. The summed E-state index contributed by atoms with van der Waals surface area (Å²) < 4.78 is 36.6. The van der Waals surface area contributed by atoms with Crippen molar-refractivity contribution in [2.24, 2.45) is 0 Å². The summed E-state index contributed by atoms with van der Waals surface area (Å²) in [6.45, 7) is 6.70. The van der Waals surface area contributed by atoms with Gasteiger partial charge in [-0.3, -0.25) is 9.36 Å². The molecule has 204 valence electrons. The lowest BCUT2D eigenvalue weighted by Crippen LogP contribution is -2.34. The third-order valence-corrected chi connectivity index (χ3v) is 8.06. The molecular formula is C30H30ClF2N3O2S. The summed E-state index contributed by atoms with van der Waals surface area (Å²) >= 11 is 8.06. The van der Waals surface area contributed by atoms with Crippen LogP contribution in [0.5, 0.6) is 0 Å². The number of benzene rings is 2. The summed E-state index contributed by atoms with van der Waals surface area (Å²) in [6, 6.07) is 10.2. The summed E-state index contributed by atoms with van der Waals surface area (Å²) in [4.78, 5) is 20.3. The number of aromatic nitrogens is 2. The fourth-order valence-corrected chi connectivity index (χ4v) is 6.04. The van der Waals surface area contributed by atoms with Crippen molar-refractivity contribution in [1.82, 2.24) is 14.5 Å². The Morgan fingerprint density at radius 3 is 2.46 bits per heavy atom. The largest absolute Gasteiger partial charge is 0.440 e. The smallest absolute Gasteiger partial charge is 0.255 e. The van der Waals surface area contributed by atoms with Gasteiger partial charge in [0.1, 0.15) is 17.3 Å². The van der Waals surface area contributed by atoms with Crippen LogP contribution in [0.3, 0.4) is 0 Å². The Labute approximate surface area is 235 Å². The normalized spacial score (nSPS) is 14.7. The number of hydrogen-bond donors (Lipinski definition) is 0. The van der Waals surface area contributed by atoms with E-state index in [2.05, 4.69) is 11.2 Å². The van der Waals surface area contributed by atoms with Crippen LogP contribution in [0.15, 0.2) is 57.9 Å². The number of hydrogen-bond acceptors (Lipinski definition) is 5. The van der Waals surface area contributed by atoms with Crippen molar-refractivity contribution in [1.29, 1.82) is 0 Å². The van der Waals surface area contributed by atoms with Gasteiger partial charge < -0.3 is 9.32 Å². The van der Waals surface area contributed by atoms with Crippen LogP contribution >= 0.6 is 23.4 Å². The molecule has 1 saturated heterocycles. The number of pyridine rings is 1. The van der Waals surface area contributed by atoms with Crippen molar-refractivity contribution in [3.63, 3.8) is 0 Å². The lowest BCUT2D eigenvalue weighted by atomic mass is 9.97. The highest BCUT2D eigenvalue weighted by Gasteiger charge is 2.28. The van der Waals surface area contributed by atoms with E-state index in [0.29, 0.717) is 22.2 Å². The molecule has 2 aromatic heterocycles. The van der Waals surface area contributed by atoms with Gasteiger partial charge in [0.25, 0.3) is 5.56 Å². The number of oxazole rings is 1. The topological polar surface area (TPSA) is 51.3 Å². The molecule has 1 aliphatic rings. The average Bonchev–Trinajstić information content (AvgIpc) is 3.33. The van der Waals surface area contributed by atoms with Crippen molar-refractivity contribution in [3.05, 3.63) is 92.7 Å². The first kappa shape index (κ1) is 27.6. The fourth-order valence-electron chi connectivity index (χ4n) is 5.27. The number of likely N-dealkylation sites (tertiary alicyclic amines) is 1. The zero-order chi connectivity index (χ0) is 27.7. The first-order valence-corrected chi connectivity index (χ1v) is 14.7. The van der Waals surface area contributed by atoms with Gasteiger partial charge in [-0.2, -0.15) is 11.8 Å². The second-order valence-corrected chi connectivity index (χ2v) is 11.4. The van der Waals surface area contributed by atoms with E-state index in [1.165, 1.54) is 18.2 Å². The zero-order valence-corrected chi connectivity index (χ0v) is 23.7. The van der Waals surface area contributed by atoms with Gasteiger partial charge in [0, 0.05) is 47.1 Å². The van der Waals surface area contributed by atoms with Gasteiger partial charge in [0.2, 0.25) is 0 Å². The van der Waals surface area contributed by atoms with Crippen molar-refractivity contribution in [2.75, 3.05) is 31.6 Å². The summed E-state index contributed by atoms with van der Waals surface area (Å²) in [5, 5.41) is 0.590. The number of rotatable bonds is 7. The van der Waals surface area contributed by atoms with Gasteiger partial charge >= 0.3 is 0 Å². The van der Waals surface area contributed by atoms with Crippen LogP contribution < -0.4 is 5.56 Å². The molecule has 0 amide bonds. The molecule has 5 nitrogen and oxygen atoms in total. The summed E-state index contributed by atoms with van der Waals surface area (Å²) in [6.07, 6.45) is 5.56. The van der Waals surface area contributed by atoms with Crippen LogP contribution in [-0.4, -0.2) is 46.1 Å². The molecule has 3 heterocycles. The Hall–Kier alpha value is -2.94. The number of halogens is 3. The Kier molecular flexibility index (Phi) is 8.26. The van der Waals surface area contributed by atoms with Crippen molar-refractivity contribution in [3.8, 4) is 28.3 Å². The molecule has 0 spiro atoms. The molecular weight excluding hydrogens is 540 g/mol. The summed E-state index contributed by atoms with van der Waals surface area (Å²) in [7, 11) is 0. The summed E-state index contributed by atoms with van der Waals surface area (Å²) in [5.74, 6) is 0.524. The van der Waals surface area contributed by atoms with Gasteiger partial charge in [0.15, 0.2) is 11.7 Å². The second-order valence-electron chi connectivity index (χ2n) is 9.98. The van der Waals surface area contributed by atoms with E-state index in [4.69, 9.17) is 21.0 Å². The van der Waals surface area contributed by atoms with E-state index in [0.717, 1.165) is 61.1 Å². The van der Waals surface area contributed by atoms with Crippen LogP contribution in [0.25, 0.3) is 28.3 Å². The maximum atomic E-state index is 15.0. The maximum absolute atomic E-state index is 15.0. The Morgan fingerprint density at radius 1 is 1.08 bits per heavy atom. The molecule has 0 aliphatic carbocycles. The third kappa shape index (κ3) is 5.83. The van der Waals surface area contributed by atoms with Crippen molar-refractivity contribution < 1.29 is 13.2 Å². The standard InChI is InChI=1S/C30H30ClF2N3O2S/c1-18-14-22(31)15-19(2)28(18)36-17-21(4-7-26(36)37)27-29(24-6-5-23(32)16-25(24)33)38-30(34-27)20-8-10-35(11-9-20)12-13-39-3/h4-7,14-17,20H,8-13H2,1-3H3. The van der Waals surface area contributed by atoms with Crippen molar-refractivity contribution in [2.45, 2.75) is 32.6 Å². The maximum Gasteiger partial charge on any atom is 0.255 e. The average molecular weight is 570 g/mol. The molecule has 1 fully saturated rings. The van der Waals surface area contributed by atoms with Crippen LogP contribution in [-0.2, 0) is 0 Å². The lowest BCUT2D eigenvalue weighted by molar-refractivity contribution is 0.211. The number of nitrogens with zero attached hydrogens (tertiary/aromatic N) is 3. The highest BCUT2D eigenvalue weighted by atomic mass is 35.5. The molecule has 4 aromatic rings. The molecule has 5 rings (SSSR count). The molecule has 0 bridgehead atoms. The van der Waals surface area contributed by atoms with Gasteiger partial charge in [-0.05, 0) is 87.5 Å². The van der Waals surface area contributed by atoms with Gasteiger partial charge in [-0.25, -0.2) is 13.8 Å². The molecule has 0 atom stereocenters. The quantitative estimate of drug-likeness (QED) is 0.235. The van der Waals surface area contributed by atoms with Gasteiger partial charge in [0.05, 0.1) is 11.3 Å². The first-order chi connectivity index (χ1) is 18.7.